The average molecular weight is 319 g/mol. The Balaban J connectivity index is 1.83. The normalized spacial score (nSPS) is 26.6. The molecule has 2 heterocycles. The van der Waals surface area contributed by atoms with Crippen LogP contribution in [-0.4, -0.2) is 53.3 Å². The second-order valence-electron chi connectivity index (χ2n) is 5.12. The Kier molecular flexibility index (Phi) is 3.87. The fourth-order valence-electron chi connectivity index (χ4n) is 2.17. The van der Waals surface area contributed by atoms with Gasteiger partial charge in [0.2, 0.25) is 5.79 Å². The van der Waals surface area contributed by atoms with E-state index in [1.807, 2.05) is 0 Å². The highest BCUT2D eigenvalue weighted by Gasteiger charge is 2.40. The summed E-state index contributed by atoms with van der Waals surface area (Å²) in [6, 6.07) is 0. The van der Waals surface area contributed by atoms with E-state index in [0.29, 0.717) is 6.42 Å². The third-order valence-corrected chi connectivity index (χ3v) is 3.64. The number of allylic oxidation sites excluding steroid dienone is 1. The van der Waals surface area contributed by atoms with Gasteiger partial charge in [-0.05, 0) is 0 Å². The number of ether oxygens (including phenoxy) is 2. The molecule has 0 spiro atoms. The monoisotopic (exact) mass is 318 g/mol. The van der Waals surface area contributed by atoms with E-state index >= 15 is 0 Å². The molecule has 2 rings (SSSR count). The lowest BCUT2D eigenvalue weighted by Crippen LogP contribution is -2.29. The third kappa shape index (κ3) is 2.98. The van der Waals surface area contributed by atoms with Gasteiger partial charge in [-0.2, -0.15) is 0 Å². The van der Waals surface area contributed by atoms with E-state index in [0.717, 1.165) is 18.5 Å². The lowest BCUT2D eigenvalue weighted by atomic mass is 10.2. The smallest absolute Gasteiger partial charge is 0.337 e. The van der Waals surface area contributed by atoms with Crippen LogP contribution in [0.4, 0.5) is 0 Å². The summed E-state index contributed by atoms with van der Waals surface area (Å²) in [4.78, 5) is 15.9. The number of hydrogen-bond acceptors (Lipinski definition) is 5. The van der Waals surface area contributed by atoms with Crippen molar-refractivity contribution < 1.29 is 14.3 Å². The number of carbonyl (C=O) groups is 1. The summed E-state index contributed by atoms with van der Waals surface area (Å²) in [5.41, 5.74) is 1.24. The van der Waals surface area contributed by atoms with Crippen molar-refractivity contribution in [3.8, 4) is 0 Å². The third-order valence-electron chi connectivity index (χ3n) is 3.07. The second-order valence-corrected chi connectivity index (χ2v) is 5.68. The molecule has 5 nitrogen and oxygen atoms in total. The minimum Gasteiger partial charge on any atom is -0.432 e. The molecule has 18 heavy (non-hydrogen) atoms. The SMILES string of the molecule is CN1CN(CCC2OC(C)(C)OC2=O)C=C1CBr. The van der Waals surface area contributed by atoms with Crippen LogP contribution in [0.3, 0.4) is 0 Å². The standard InChI is InChI=1S/C12H19BrN2O3/c1-12(2)17-10(11(16)18-12)4-5-15-7-9(6-13)14(3)8-15/h7,10H,4-6,8H2,1-3H3. The van der Waals surface area contributed by atoms with Crippen molar-refractivity contribution in [1.29, 1.82) is 0 Å². The molecule has 102 valence electrons. The number of rotatable bonds is 4. The van der Waals surface area contributed by atoms with Crippen molar-refractivity contribution in [1.82, 2.24) is 9.80 Å². The first-order valence-corrected chi connectivity index (χ1v) is 7.16. The highest BCUT2D eigenvalue weighted by atomic mass is 79.9. The molecule has 0 aromatic rings. The Labute approximate surface area is 116 Å². The first kappa shape index (κ1) is 13.7. The van der Waals surface area contributed by atoms with Gasteiger partial charge in [0.25, 0.3) is 0 Å². The fraction of sp³-hybridized carbons (Fsp3) is 0.750. The molecule has 0 bridgehead atoms. The number of esters is 1. The van der Waals surface area contributed by atoms with Crippen LogP contribution in [0.25, 0.3) is 0 Å². The van der Waals surface area contributed by atoms with Crippen LogP contribution in [0.1, 0.15) is 20.3 Å². The summed E-state index contributed by atoms with van der Waals surface area (Å²) < 4.78 is 10.7. The van der Waals surface area contributed by atoms with Crippen LogP contribution >= 0.6 is 15.9 Å². The molecule has 0 amide bonds. The summed E-state index contributed by atoms with van der Waals surface area (Å²) in [5.74, 6) is -1.03. The van der Waals surface area contributed by atoms with Gasteiger partial charge in [0.1, 0.15) is 0 Å². The summed E-state index contributed by atoms with van der Waals surface area (Å²) >= 11 is 3.45. The summed E-state index contributed by atoms with van der Waals surface area (Å²) in [7, 11) is 2.05. The average Bonchev–Trinajstić information content (AvgIpc) is 2.75. The number of halogens is 1. The van der Waals surface area contributed by atoms with E-state index in [4.69, 9.17) is 9.47 Å². The fourth-order valence-corrected chi connectivity index (χ4v) is 2.74. The van der Waals surface area contributed by atoms with Gasteiger partial charge in [-0.1, -0.05) is 15.9 Å². The van der Waals surface area contributed by atoms with E-state index in [1.165, 1.54) is 5.70 Å². The minimum absolute atomic E-state index is 0.253. The first-order chi connectivity index (χ1) is 8.41. The Bertz CT molecular complexity index is 370. The zero-order valence-electron chi connectivity index (χ0n) is 11.0. The zero-order valence-corrected chi connectivity index (χ0v) is 12.6. The molecular weight excluding hydrogens is 300 g/mol. The molecule has 2 aliphatic rings. The predicted molar refractivity (Wildman–Crippen MR) is 70.9 cm³/mol. The first-order valence-electron chi connectivity index (χ1n) is 6.04. The van der Waals surface area contributed by atoms with Gasteiger partial charge in [-0.3, -0.25) is 0 Å². The zero-order chi connectivity index (χ0) is 13.3. The molecule has 2 aliphatic heterocycles. The van der Waals surface area contributed by atoms with E-state index in [-0.39, 0.29) is 5.97 Å². The topological polar surface area (TPSA) is 42.0 Å². The lowest BCUT2D eigenvalue weighted by molar-refractivity contribution is -0.160. The van der Waals surface area contributed by atoms with Crippen LogP contribution < -0.4 is 0 Å². The van der Waals surface area contributed by atoms with Crippen molar-refractivity contribution in [2.75, 3.05) is 25.6 Å². The molecule has 0 N–H and O–H groups in total. The molecular formula is C12H19BrN2O3. The van der Waals surface area contributed by atoms with Gasteiger partial charge < -0.3 is 19.3 Å². The summed E-state index contributed by atoms with van der Waals surface area (Å²) in [6.45, 7) is 5.16. The second kappa shape index (κ2) is 5.09. The number of alkyl halides is 1. The Morgan fingerprint density at radius 1 is 1.56 bits per heavy atom. The van der Waals surface area contributed by atoms with E-state index in [1.54, 1.807) is 13.8 Å². The molecule has 0 aromatic carbocycles. The van der Waals surface area contributed by atoms with Gasteiger partial charge >= 0.3 is 5.97 Å². The van der Waals surface area contributed by atoms with Crippen molar-refractivity contribution in [3.63, 3.8) is 0 Å². The van der Waals surface area contributed by atoms with Crippen molar-refractivity contribution >= 4 is 21.9 Å². The largest absolute Gasteiger partial charge is 0.432 e. The summed E-state index contributed by atoms with van der Waals surface area (Å²) in [5, 5.41) is 0.842. The molecule has 1 atom stereocenters. The van der Waals surface area contributed by atoms with Crippen molar-refractivity contribution in [3.05, 3.63) is 11.9 Å². The van der Waals surface area contributed by atoms with E-state index < -0.39 is 11.9 Å². The van der Waals surface area contributed by atoms with Gasteiger partial charge in [0.15, 0.2) is 6.10 Å². The minimum atomic E-state index is -0.777. The highest BCUT2D eigenvalue weighted by molar-refractivity contribution is 9.09. The Hall–Kier alpha value is -0.750. The number of hydrogen-bond donors (Lipinski definition) is 0. The molecule has 6 heteroatoms. The molecule has 1 unspecified atom stereocenters. The number of carbonyl (C=O) groups excluding carboxylic acids is 1. The number of cyclic esters (lactones) is 1. The quantitative estimate of drug-likeness (QED) is 0.580. The molecule has 0 saturated carbocycles. The highest BCUT2D eigenvalue weighted by Crippen LogP contribution is 2.26. The van der Waals surface area contributed by atoms with Gasteiger partial charge in [0, 0.05) is 51.1 Å². The van der Waals surface area contributed by atoms with Gasteiger partial charge in [0.05, 0.1) is 6.67 Å². The van der Waals surface area contributed by atoms with Crippen LogP contribution in [0.2, 0.25) is 0 Å². The molecule has 0 radical (unpaired) electrons. The molecule has 0 aromatic heterocycles. The predicted octanol–water partition coefficient (Wildman–Crippen LogP) is 1.50. The Morgan fingerprint density at radius 2 is 2.28 bits per heavy atom. The van der Waals surface area contributed by atoms with Crippen LogP contribution in [-0.2, 0) is 14.3 Å². The lowest BCUT2D eigenvalue weighted by Gasteiger charge is -2.20. The van der Waals surface area contributed by atoms with Gasteiger partial charge in [-0.15, -0.1) is 0 Å². The van der Waals surface area contributed by atoms with Crippen LogP contribution in [0.5, 0.6) is 0 Å². The molecule has 1 fully saturated rings. The maximum Gasteiger partial charge on any atom is 0.337 e. The van der Waals surface area contributed by atoms with Crippen molar-refractivity contribution in [2.45, 2.75) is 32.2 Å². The van der Waals surface area contributed by atoms with Crippen LogP contribution in [0.15, 0.2) is 11.9 Å². The van der Waals surface area contributed by atoms with Gasteiger partial charge in [-0.25, -0.2) is 4.79 Å². The van der Waals surface area contributed by atoms with E-state index in [9.17, 15) is 4.79 Å². The Morgan fingerprint density at radius 3 is 2.78 bits per heavy atom. The molecule has 1 saturated heterocycles. The van der Waals surface area contributed by atoms with E-state index in [2.05, 4.69) is 39.0 Å². The van der Waals surface area contributed by atoms with Crippen molar-refractivity contribution in [2.24, 2.45) is 0 Å². The summed E-state index contributed by atoms with van der Waals surface area (Å²) in [6.07, 6.45) is 2.33. The van der Waals surface area contributed by atoms with Crippen LogP contribution in [0, 0.1) is 0 Å². The maximum atomic E-state index is 11.6. The number of nitrogens with zero attached hydrogens (tertiary/aromatic N) is 2. The molecule has 0 aliphatic carbocycles. The maximum absolute atomic E-state index is 11.6.